The molecule has 0 saturated heterocycles. The fraction of sp³-hybridized carbons (Fsp3) is 0.333. The van der Waals surface area contributed by atoms with Gasteiger partial charge in [0.05, 0.1) is 6.42 Å². The van der Waals surface area contributed by atoms with E-state index < -0.39 is 11.9 Å². The number of hydrogen-bond acceptors (Lipinski definition) is 2. The topological polar surface area (TPSA) is 74.6 Å². The van der Waals surface area contributed by atoms with Crippen LogP contribution < -0.4 is 0 Å². The fourth-order valence-corrected chi connectivity index (χ4v) is 0.500. The number of carboxylic acid groups (broad SMARTS) is 2. The highest BCUT2D eigenvalue weighted by atomic mass is 16.4. The van der Waals surface area contributed by atoms with Gasteiger partial charge in [0.1, 0.15) is 0 Å². The normalized spacial score (nSPS) is 11.1. The van der Waals surface area contributed by atoms with Crippen LogP contribution in [0, 0.1) is 0 Å². The second-order valence-electron chi connectivity index (χ2n) is 1.90. The van der Waals surface area contributed by atoms with E-state index in [0.717, 1.165) is 6.08 Å². The molecular weight excluding hydrogens is 136 g/mol. The summed E-state index contributed by atoms with van der Waals surface area (Å²) >= 11 is 0. The SMILES string of the molecule is CC(=CC(=O)O)CC(=O)O. The van der Waals surface area contributed by atoms with Crippen molar-refractivity contribution in [2.45, 2.75) is 13.3 Å². The van der Waals surface area contributed by atoms with Crippen LogP contribution in [0.15, 0.2) is 11.6 Å². The van der Waals surface area contributed by atoms with E-state index in [9.17, 15) is 9.59 Å². The van der Waals surface area contributed by atoms with Crippen LogP contribution in [0.25, 0.3) is 0 Å². The molecule has 0 atom stereocenters. The van der Waals surface area contributed by atoms with Crippen LogP contribution in [0.3, 0.4) is 0 Å². The summed E-state index contributed by atoms with van der Waals surface area (Å²) < 4.78 is 0. The highest BCUT2D eigenvalue weighted by molar-refractivity contribution is 5.82. The maximum atomic E-state index is 9.96. The van der Waals surface area contributed by atoms with Gasteiger partial charge in [0.15, 0.2) is 0 Å². The van der Waals surface area contributed by atoms with Gasteiger partial charge in [-0.3, -0.25) is 4.79 Å². The average Bonchev–Trinajstić information content (AvgIpc) is 1.58. The standard InChI is InChI=1S/C6H8O4/c1-4(2-5(7)8)3-6(9)10/h2H,3H2,1H3,(H,7,8)(H,9,10). The number of hydrogen-bond donors (Lipinski definition) is 2. The first-order chi connectivity index (χ1) is 4.52. The van der Waals surface area contributed by atoms with E-state index in [2.05, 4.69) is 0 Å². The molecule has 0 unspecified atom stereocenters. The highest BCUT2D eigenvalue weighted by Gasteiger charge is 1.99. The molecule has 0 radical (unpaired) electrons. The first kappa shape index (κ1) is 8.68. The Morgan fingerprint density at radius 1 is 1.40 bits per heavy atom. The van der Waals surface area contributed by atoms with Crippen molar-refractivity contribution in [3.63, 3.8) is 0 Å². The van der Waals surface area contributed by atoms with Gasteiger partial charge in [-0.25, -0.2) is 4.79 Å². The van der Waals surface area contributed by atoms with Gasteiger partial charge in [-0.2, -0.15) is 0 Å². The van der Waals surface area contributed by atoms with Crippen molar-refractivity contribution >= 4 is 11.9 Å². The Labute approximate surface area is 57.8 Å². The minimum absolute atomic E-state index is 0.216. The second-order valence-corrected chi connectivity index (χ2v) is 1.90. The third kappa shape index (κ3) is 4.83. The summed E-state index contributed by atoms with van der Waals surface area (Å²) in [6, 6.07) is 0. The molecule has 0 bridgehead atoms. The van der Waals surface area contributed by atoms with E-state index >= 15 is 0 Å². The molecular formula is C6H8O4. The Morgan fingerprint density at radius 3 is 2.20 bits per heavy atom. The minimum atomic E-state index is -1.11. The van der Waals surface area contributed by atoms with Gasteiger partial charge in [-0.05, 0) is 6.92 Å². The van der Waals surface area contributed by atoms with Gasteiger partial charge >= 0.3 is 11.9 Å². The van der Waals surface area contributed by atoms with E-state index in [1.807, 2.05) is 0 Å². The molecule has 0 aliphatic carbocycles. The molecule has 0 rings (SSSR count). The van der Waals surface area contributed by atoms with Gasteiger partial charge < -0.3 is 10.2 Å². The van der Waals surface area contributed by atoms with Crippen LogP contribution in [-0.2, 0) is 9.59 Å². The molecule has 0 amide bonds. The van der Waals surface area contributed by atoms with Crippen LogP contribution >= 0.6 is 0 Å². The monoisotopic (exact) mass is 144 g/mol. The lowest BCUT2D eigenvalue weighted by Crippen LogP contribution is -1.97. The smallest absolute Gasteiger partial charge is 0.328 e. The minimum Gasteiger partial charge on any atom is -0.481 e. The summed E-state index contributed by atoms with van der Waals surface area (Å²) in [6.07, 6.45) is 0.667. The molecule has 56 valence electrons. The number of carbonyl (C=O) groups is 2. The maximum absolute atomic E-state index is 9.96. The summed E-state index contributed by atoms with van der Waals surface area (Å²) in [5.74, 6) is -2.13. The summed E-state index contributed by atoms with van der Waals surface area (Å²) in [6.45, 7) is 1.46. The quantitative estimate of drug-likeness (QED) is 0.565. The molecule has 0 spiro atoms. The predicted octanol–water partition coefficient (Wildman–Crippen LogP) is 0.492. The van der Waals surface area contributed by atoms with E-state index in [-0.39, 0.29) is 6.42 Å². The van der Waals surface area contributed by atoms with Crippen LogP contribution in [0.1, 0.15) is 13.3 Å². The van der Waals surface area contributed by atoms with E-state index in [1.165, 1.54) is 6.92 Å². The molecule has 0 fully saturated rings. The molecule has 4 nitrogen and oxygen atoms in total. The van der Waals surface area contributed by atoms with Crippen molar-refractivity contribution in [1.82, 2.24) is 0 Å². The van der Waals surface area contributed by atoms with Crippen LogP contribution in [0.5, 0.6) is 0 Å². The van der Waals surface area contributed by atoms with Crippen LogP contribution in [0.4, 0.5) is 0 Å². The third-order valence-electron chi connectivity index (χ3n) is 0.800. The molecule has 10 heavy (non-hydrogen) atoms. The Morgan fingerprint density at radius 2 is 1.90 bits per heavy atom. The predicted molar refractivity (Wildman–Crippen MR) is 33.6 cm³/mol. The molecule has 2 N–H and O–H groups in total. The van der Waals surface area contributed by atoms with Crippen molar-refractivity contribution in [3.8, 4) is 0 Å². The Balaban J connectivity index is 3.95. The second kappa shape index (κ2) is 3.66. The van der Waals surface area contributed by atoms with E-state index in [4.69, 9.17) is 10.2 Å². The van der Waals surface area contributed by atoms with Crippen molar-refractivity contribution in [1.29, 1.82) is 0 Å². The first-order valence-corrected chi connectivity index (χ1v) is 2.64. The first-order valence-electron chi connectivity index (χ1n) is 2.64. The van der Waals surface area contributed by atoms with Crippen molar-refractivity contribution in [2.24, 2.45) is 0 Å². The fourth-order valence-electron chi connectivity index (χ4n) is 0.500. The lowest BCUT2D eigenvalue weighted by Gasteiger charge is -1.91. The maximum Gasteiger partial charge on any atom is 0.328 e. The number of rotatable bonds is 3. The van der Waals surface area contributed by atoms with Crippen molar-refractivity contribution in [3.05, 3.63) is 11.6 Å². The Hall–Kier alpha value is -1.32. The molecule has 0 aromatic heterocycles. The molecule has 0 aliphatic rings. The molecule has 0 heterocycles. The third-order valence-corrected chi connectivity index (χ3v) is 0.800. The highest BCUT2D eigenvalue weighted by Crippen LogP contribution is 1.97. The van der Waals surface area contributed by atoms with Gasteiger partial charge in [-0.1, -0.05) is 5.57 Å². The van der Waals surface area contributed by atoms with Crippen molar-refractivity contribution < 1.29 is 19.8 Å². The van der Waals surface area contributed by atoms with Gasteiger partial charge in [0.25, 0.3) is 0 Å². The summed E-state index contributed by atoms with van der Waals surface area (Å²) in [5.41, 5.74) is 0.333. The lowest BCUT2D eigenvalue weighted by atomic mass is 10.2. The van der Waals surface area contributed by atoms with Gasteiger partial charge in [-0.15, -0.1) is 0 Å². The zero-order chi connectivity index (χ0) is 8.15. The van der Waals surface area contributed by atoms with Gasteiger partial charge in [0.2, 0.25) is 0 Å². The Kier molecular flexibility index (Phi) is 3.17. The van der Waals surface area contributed by atoms with E-state index in [0.29, 0.717) is 5.57 Å². The molecule has 0 aliphatic heterocycles. The molecule has 0 aromatic rings. The number of aliphatic carboxylic acids is 2. The number of carboxylic acids is 2. The summed E-state index contributed by atoms with van der Waals surface area (Å²) in [4.78, 5) is 19.9. The largest absolute Gasteiger partial charge is 0.481 e. The summed E-state index contributed by atoms with van der Waals surface area (Å²) in [5, 5.41) is 16.3. The molecule has 0 saturated carbocycles. The Bertz CT molecular complexity index is 180. The average molecular weight is 144 g/mol. The van der Waals surface area contributed by atoms with Crippen LogP contribution in [-0.4, -0.2) is 22.2 Å². The lowest BCUT2D eigenvalue weighted by molar-refractivity contribution is -0.136. The zero-order valence-electron chi connectivity index (χ0n) is 5.50. The summed E-state index contributed by atoms with van der Waals surface area (Å²) in [7, 11) is 0. The zero-order valence-corrected chi connectivity index (χ0v) is 5.50. The van der Waals surface area contributed by atoms with E-state index in [1.54, 1.807) is 0 Å². The van der Waals surface area contributed by atoms with Crippen molar-refractivity contribution in [2.75, 3.05) is 0 Å². The van der Waals surface area contributed by atoms with Crippen LogP contribution in [0.2, 0.25) is 0 Å². The molecule has 4 heteroatoms. The molecule has 0 aromatic carbocycles. The van der Waals surface area contributed by atoms with Gasteiger partial charge in [0, 0.05) is 6.08 Å².